The molecule has 0 bridgehead atoms. The van der Waals surface area contributed by atoms with Gasteiger partial charge in [0.25, 0.3) is 0 Å². The minimum Gasteiger partial charge on any atom is -0.342 e. The molecular formula is C19H30Cl2N2O. The molecule has 24 heavy (non-hydrogen) atoms. The molecule has 0 spiro atoms. The van der Waals surface area contributed by atoms with Gasteiger partial charge in [0.05, 0.1) is 5.41 Å². The third kappa shape index (κ3) is 4.25. The average molecular weight is 373 g/mol. The molecule has 1 fully saturated rings. The molecule has 0 aliphatic carbocycles. The summed E-state index contributed by atoms with van der Waals surface area (Å²) >= 11 is 6.01. The first-order valence-electron chi connectivity index (χ1n) is 8.75. The van der Waals surface area contributed by atoms with E-state index in [0.717, 1.165) is 44.3 Å². The van der Waals surface area contributed by atoms with Crippen LogP contribution in [-0.2, 0) is 10.2 Å². The Kier molecular flexibility index (Phi) is 8.04. The first kappa shape index (κ1) is 21.3. The van der Waals surface area contributed by atoms with Gasteiger partial charge in [-0.25, -0.2) is 0 Å². The van der Waals surface area contributed by atoms with Crippen molar-refractivity contribution in [3.63, 3.8) is 0 Å². The molecular weight excluding hydrogens is 343 g/mol. The van der Waals surface area contributed by atoms with Crippen LogP contribution < -0.4 is 5.73 Å². The summed E-state index contributed by atoms with van der Waals surface area (Å²) in [4.78, 5) is 15.3. The van der Waals surface area contributed by atoms with Crippen molar-refractivity contribution in [3.8, 4) is 0 Å². The molecule has 1 unspecified atom stereocenters. The molecule has 0 saturated carbocycles. The number of nitrogens with two attached hydrogens (primary N) is 1. The van der Waals surface area contributed by atoms with Crippen LogP contribution in [0.4, 0.5) is 0 Å². The van der Waals surface area contributed by atoms with Crippen LogP contribution >= 0.6 is 24.0 Å². The maximum absolute atomic E-state index is 13.3. The van der Waals surface area contributed by atoms with E-state index in [-0.39, 0.29) is 24.4 Å². The Morgan fingerprint density at radius 2 is 1.75 bits per heavy atom. The topological polar surface area (TPSA) is 46.3 Å². The number of rotatable bonds is 5. The highest BCUT2D eigenvalue weighted by atomic mass is 35.5. The molecule has 1 amide bonds. The summed E-state index contributed by atoms with van der Waals surface area (Å²) in [6.45, 7) is 7.91. The molecule has 1 aromatic rings. The fourth-order valence-electron chi connectivity index (χ4n) is 3.78. The second kappa shape index (κ2) is 9.07. The van der Waals surface area contributed by atoms with E-state index in [0.29, 0.717) is 10.9 Å². The maximum Gasteiger partial charge on any atom is 0.233 e. The van der Waals surface area contributed by atoms with Crippen molar-refractivity contribution >= 4 is 29.9 Å². The van der Waals surface area contributed by atoms with Crippen LogP contribution in [0.2, 0.25) is 5.02 Å². The predicted octanol–water partition coefficient (Wildman–Crippen LogP) is 4.41. The normalized spacial score (nSPS) is 17.3. The lowest BCUT2D eigenvalue weighted by molar-refractivity contribution is -0.139. The quantitative estimate of drug-likeness (QED) is 0.831. The molecule has 0 radical (unpaired) electrons. The van der Waals surface area contributed by atoms with Crippen molar-refractivity contribution in [1.82, 2.24) is 4.90 Å². The Labute approximate surface area is 157 Å². The monoisotopic (exact) mass is 372 g/mol. The van der Waals surface area contributed by atoms with E-state index in [9.17, 15) is 4.79 Å². The van der Waals surface area contributed by atoms with Gasteiger partial charge in [0, 0.05) is 24.2 Å². The van der Waals surface area contributed by atoms with Crippen molar-refractivity contribution < 1.29 is 4.79 Å². The third-order valence-electron chi connectivity index (χ3n) is 5.58. The zero-order chi connectivity index (χ0) is 17.0. The molecule has 2 rings (SSSR count). The van der Waals surface area contributed by atoms with Gasteiger partial charge >= 0.3 is 0 Å². The largest absolute Gasteiger partial charge is 0.342 e. The highest BCUT2D eigenvalue weighted by Crippen LogP contribution is 2.36. The zero-order valence-electron chi connectivity index (χ0n) is 14.9. The third-order valence-corrected chi connectivity index (χ3v) is 5.84. The van der Waals surface area contributed by atoms with Crippen molar-refractivity contribution in [1.29, 1.82) is 0 Å². The lowest BCUT2D eigenvalue weighted by atomic mass is 9.74. The van der Waals surface area contributed by atoms with E-state index in [1.54, 1.807) is 0 Å². The van der Waals surface area contributed by atoms with Crippen LogP contribution in [0, 0.1) is 5.92 Å². The van der Waals surface area contributed by atoms with Gasteiger partial charge < -0.3 is 10.6 Å². The SMILES string of the molecule is CCC(CC)(C(=O)N1CCC(C(C)N)CC1)c1ccc(Cl)cc1.Cl. The molecule has 1 saturated heterocycles. The van der Waals surface area contributed by atoms with E-state index >= 15 is 0 Å². The summed E-state index contributed by atoms with van der Waals surface area (Å²) in [5, 5.41) is 0.708. The van der Waals surface area contributed by atoms with Gasteiger partial charge in [0.2, 0.25) is 5.91 Å². The highest BCUT2D eigenvalue weighted by Gasteiger charge is 2.40. The minimum absolute atomic E-state index is 0. The van der Waals surface area contributed by atoms with Gasteiger partial charge in [-0.15, -0.1) is 12.4 Å². The number of halogens is 2. The Balaban J connectivity index is 0.00000288. The first-order chi connectivity index (χ1) is 10.9. The summed E-state index contributed by atoms with van der Waals surface area (Å²) in [5.41, 5.74) is 6.65. The van der Waals surface area contributed by atoms with Crippen LogP contribution in [0.15, 0.2) is 24.3 Å². The Hall–Kier alpha value is -0.770. The number of piperidine rings is 1. The van der Waals surface area contributed by atoms with Gasteiger partial charge in [-0.05, 0) is 56.2 Å². The van der Waals surface area contributed by atoms with Crippen LogP contribution in [0.25, 0.3) is 0 Å². The van der Waals surface area contributed by atoms with E-state index in [1.807, 2.05) is 29.2 Å². The molecule has 1 aliphatic rings. The fraction of sp³-hybridized carbons (Fsp3) is 0.632. The van der Waals surface area contributed by atoms with Crippen molar-refractivity contribution in [3.05, 3.63) is 34.9 Å². The van der Waals surface area contributed by atoms with Crippen LogP contribution in [0.1, 0.15) is 52.0 Å². The Bertz CT molecular complexity index is 519. The number of carbonyl (C=O) groups is 1. The molecule has 1 aromatic carbocycles. The van der Waals surface area contributed by atoms with Crippen molar-refractivity contribution in [2.75, 3.05) is 13.1 Å². The van der Waals surface area contributed by atoms with Crippen molar-refractivity contribution in [2.24, 2.45) is 11.7 Å². The smallest absolute Gasteiger partial charge is 0.233 e. The maximum atomic E-state index is 13.3. The van der Waals surface area contributed by atoms with E-state index in [1.165, 1.54) is 0 Å². The summed E-state index contributed by atoms with van der Waals surface area (Å²) in [6, 6.07) is 7.98. The van der Waals surface area contributed by atoms with Crippen molar-refractivity contribution in [2.45, 2.75) is 57.9 Å². The summed E-state index contributed by atoms with van der Waals surface area (Å²) in [7, 11) is 0. The fourth-order valence-corrected chi connectivity index (χ4v) is 3.91. The molecule has 1 aliphatic heterocycles. The van der Waals surface area contributed by atoms with Crippen LogP contribution in [0.3, 0.4) is 0 Å². The molecule has 3 nitrogen and oxygen atoms in total. The Morgan fingerprint density at radius 3 is 2.17 bits per heavy atom. The number of hydrogen-bond acceptors (Lipinski definition) is 2. The number of likely N-dealkylation sites (tertiary alicyclic amines) is 1. The molecule has 0 aromatic heterocycles. The predicted molar refractivity (Wildman–Crippen MR) is 104 cm³/mol. The molecule has 1 atom stereocenters. The number of hydrogen-bond donors (Lipinski definition) is 1. The van der Waals surface area contributed by atoms with Crippen LogP contribution in [0.5, 0.6) is 0 Å². The van der Waals surface area contributed by atoms with Crippen LogP contribution in [-0.4, -0.2) is 29.9 Å². The zero-order valence-corrected chi connectivity index (χ0v) is 16.5. The molecule has 1 heterocycles. The molecule has 5 heteroatoms. The van der Waals surface area contributed by atoms with Gasteiger partial charge in [-0.1, -0.05) is 37.6 Å². The van der Waals surface area contributed by atoms with Gasteiger partial charge in [0.15, 0.2) is 0 Å². The number of carbonyl (C=O) groups excluding carboxylic acids is 1. The minimum atomic E-state index is -0.439. The molecule has 136 valence electrons. The van der Waals surface area contributed by atoms with E-state index < -0.39 is 5.41 Å². The first-order valence-corrected chi connectivity index (χ1v) is 9.13. The van der Waals surface area contributed by atoms with E-state index in [2.05, 4.69) is 20.8 Å². The number of amides is 1. The highest BCUT2D eigenvalue weighted by molar-refractivity contribution is 6.30. The second-order valence-electron chi connectivity index (χ2n) is 6.78. The second-order valence-corrected chi connectivity index (χ2v) is 7.22. The lowest BCUT2D eigenvalue weighted by Crippen LogP contribution is -2.50. The lowest BCUT2D eigenvalue weighted by Gasteiger charge is -2.40. The number of benzene rings is 1. The summed E-state index contributed by atoms with van der Waals surface area (Å²) in [6.07, 6.45) is 3.62. The van der Waals surface area contributed by atoms with Gasteiger partial charge in [0.1, 0.15) is 0 Å². The Morgan fingerprint density at radius 1 is 1.25 bits per heavy atom. The summed E-state index contributed by atoms with van der Waals surface area (Å²) in [5.74, 6) is 0.792. The molecule has 2 N–H and O–H groups in total. The van der Waals surface area contributed by atoms with Gasteiger partial charge in [-0.2, -0.15) is 0 Å². The number of nitrogens with zero attached hydrogens (tertiary/aromatic N) is 1. The summed E-state index contributed by atoms with van der Waals surface area (Å²) < 4.78 is 0. The standard InChI is InChI=1S/C19H29ClN2O.ClH/c1-4-19(5-2,16-6-8-17(20)9-7-16)18(23)22-12-10-15(11-13-22)14(3)21;/h6-9,14-15H,4-5,10-13,21H2,1-3H3;1H. The van der Waals surface area contributed by atoms with E-state index in [4.69, 9.17) is 17.3 Å². The van der Waals surface area contributed by atoms with Gasteiger partial charge in [-0.3, -0.25) is 4.79 Å². The average Bonchev–Trinajstić information content (AvgIpc) is 2.58.